The van der Waals surface area contributed by atoms with Crippen LogP contribution in [0, 0.1) is 5.92 Å². The largest absolute Gasteiger partial charge is 0.381 e. The molecule has 6 nitrogen and oxygen atoms in total. The van der Waals surface area contributed by atoms with E-state index in [-0.39, 0.29) is 5.92 Å². The number of carbonyl (C=O) groups excluding carboxylic acids is 2. The van der Waals surface area contributed by atoms with E-state index in [2.05, 4.69) is 0 Å². The Balaban J connectivity index is 2.50. The second-order valence-electron chi connectivity index (χ2n) is 3.31. The number of ketones is 1. The van der Waals surface area contributed by atoms with Gasteiger partial charge in [0.2, 0.25) is 5.78 Å². The molecule has 0 radical (unpaired) electrons. The van der Waals surface area contributed by atoms with Gasteiger partial charge in [0.1, 0.15) is 0 Å². The molecule has 1 heterocycles. The summed E-state index contributed by atoms with van der Waals surface area (Å²) < 4.78 is 5.12. The summed E-state index contributed by atoms with van der Waals surface area (Å²) in [5.74, 6) is 3.38. The molecular weight excluding hydrogens is 186 g/mol. The fourth-order valence-corrected chi connectivity index (χ4v) is 1.51. The van der Waals surface area contributed by atoms with Crippen molar-refractivity contribution in [2.75, 3.05) is 13.2 Å². The van der Waals surface area contributed by atoms with E-state index in [1.54, 1.807) is 5.43 Å². The zero-order chi connectivity index (χ0) is 10.6. The molecule has 6 heteroatoms. The summed E-state index contributed by atoms with van der Waals surface area (Å²) >= 11 is 0. The molecule has 80 valence electrons. The second kappa shape index (κ2) is 5.04. The third-order valence-electron chi connectivity index (χ3n) is 2.43. The highest BCUT2D eigenvalue weighted by Crippen LogP contribution is 2.17. The van der Waals surface area contributed by atoms with Gasteiger partial charge in [0.25, 0.3) is 0 Å². The van der Waals surface area contributed by atoms with E-state index in [9.17, 15) is 9.59 Å². The van der Waals surface area contributed by atoms with Gasteiger partial charge >= 0.3 is 5.91 Å². The van der Waals surface area contributed by atoms with E-state index in [1.807, 2.05) is 0 Å². The van der Waals surface area contributed by atoms with Crippen LogP contribution in [0.2, 0.25) is 0 Å². The van der Waals surface area contributed by atoms with E-state index in [4.69, 9.17) is 16.3 Å². The smallest absolute Gasteiger partial charge is 0.302 e. The lowest BCUT2D eigenvalue weighted by molar-refractivity contribution is -0.139. The molecule has 1 aliphatic rings. The second-order valence-corrected chi connectivity index (χ2v) is 3.31. The Bertz CT molecular complexity index is 226. The van der Waals surface area contributed by atoms with E-state index in [0.29, 0.717) is 26.1 Å². The van der Waals surface area contributed by atoms with Gasteiger partial charge in [-0.3, -0.25) is 15.0 Å². The van der Waals surface area contributed by atoms with Crippen molar-refractivity contribution in [1.82, 2.24) is 5.43 Å². The maximum atomic E-state index is 11.3. The van der Waals surface area contributed by atoms with Crippen molar-refractivity contribution in [2.45, 2.75) is 18.9 Å². The minimum atomic E-state index is -0.830. The minimum Gasteiger partial charge on any atom is -0.381 e. The highest BCUT2D eigenvalue weighted by molar-refractivity contribution is 6.38. The minimum absolute atomic E-state index is 0.0218. The topological polar surface area (TPSA) is 107 Å². The first-order chi connectivity index (χ1) is 6.66. The molecule has 0 aromatic rings. The van der Waals surface area contributed by atoms with Crippen LogP contribution in [0.4, 0.5) is 0 Å². The van der Waals surface area contributed by atoms with Crippen LogP contribution >= 0.6 is 0 Å². The fraction of sp³-hybridized carbons (Fsp3) is 0.750. The number of hydrogen-bond donors (Lipinski definition) is 3. The molecule has 1 saturated heterocycles. The quantitative estimate of drug-likeness (QED) is 0.218. The first kappa shape index (κ1) is 11.1. The lowest BCUT2D eigenvalue weighted by Crippen LogP contribution is -2.49. The third kappa shape index (κ3) is 2.50. The summed E-state index contributed by atoms with van der Waals surface area (Å²) in [5, 5.41) is 0. The molecule has 0 aliphatic carbocycles. The Morgan fingerprint density at radius 1 is 1.36 bits per heavy atom. The number of nitrogens with two attached hydrogens (primary N) is 2. The Hall–Kier alpha value is -0.980. The summed E-state index contributed by atoms with van der Waals surface area (Å²) in [4.78, 5) is 22.2. The molecule has 1 atom stereocenters. The summed E-state index contributed by atoms with van der Waals surface area (Å²) in [6, 6.07) is -0.762. The van der Waals surface area contributed by atoms with Crippen LogP contribution in [-0.4, -0.2) is 30.9 Å². The molecule has 5 N–H and O–H groups in total. The van der Waals surface area contributed by atoms with Crippen LogP contribution in [0.25, 0.3) is 0 Å². The number of rotatable bonds is 3. The van der Waals surface area contributed by atoms with Gasteiger partial charge < -0.3 is 10.5 Å². The molecule has 0 bridgehead atoms. The van der Waals surface area contributed by atoms with Gasteiger partial charge in [-0.15, -0.1) is 0 Å². The number of carbonyl (C=O) groups is 2. The Kier molecular flexibility index (Phi) is 3.99. The van der Waals surface area contributed by atoms with Crippen LogP contribution in [0.15, 0.2) is 0 Å². The Morgan fingerprint density at radius 3 is 2.43 bits per heavy atom. The first-order valence-electron chi connectivity index (χ1n) is 4.55. The van der Waals surface area contributed by atoms with Crippen LogP contribution in [0.1, 0.15) is 12.8 Å². The van der Waals surface area contributed by atoms with Crippen molar-refractivity contribution in [3.8, 4) is 0 Å². The zero-order valence-corrected chi connectivity index (χ0v) is 7.86. The molecule has 1 rings (SSSR count). The highest BCUT2D eigenvalue weighted by Gasteiger charge is 2.30. The number of nitrogens with one attached hydrogen (secondary N) is 1. The average Bonchev–Trinajstić information content (AvgIpc) is 2.27. The molecule has 0 aromatic carbocycles. The first-order valence-corrected chi connectivity index (χ1v) is 4.55. The predicted octanol–water partition coefficient (Wildman–Crippen LogP) is -1.70. The molecular formula is C8H15N3O3. The van der Waals surface area contributed by atoms with Crippen molar-refractivity contribution in [3.63, 3.8) is 0 Å². The normalized spacial score (nSPS) is 20.1. The van der Waals surface area contributed by atoms with Gasteiger partial charge in [-0.25, -0.2) is 5.84 Å². The summed E-state index contributed by atoms with van der Waals surface area (Å²) in [5.41, 5.74) is 7.43. The zero-order valence-electron chi connectivity index (χ0n) is 7.86. The molecule has 0 saturated carbocycles. The summed E-state index contributed by atoms with van der Waals surface area (Å²) in [6.07, 6.45) is 1.43. The van der Waals surface area contributed by atoms with Crippen LogP contribution in [0.5, 0.6) is 0 Å². The lowest BCUT2D eigenvalue weighted by Gasteiger charge is -2.25. The van der Waals surface area contributed by atoms with Gasteiger partial charge in [-0.05, 0) is 18.8 Å². The van der Waals surface area contributed by atoms with Crippen molar-refractivity contribution in [3.05, 3.63) is 0 Å². The highest BCUT2D eigenvalue weighted by atomic mass is 16.5. The van der Waals surface area contributed by atoms with E-state index < -0.39 is 17.7 Å². The van der Waals surface area contributed by atoms with Crippen LogP contribution in [-0.2, 0) is 14.3 Å². The summed E-state index contributed by atoms with van der Waals surface area (Å²) in [6.45, 7) is 1.19. The van der Waals surface area contributed by atoms with Crippen molar-refractivity contribution in [2.24, 2.45) is 17.5 Å². The monoisotopic (exact) mass is 201 g/mol. The van der Waals surface area contributed by atoms with E-state index in [1.165, 1.54) is 0 Å². The van der Waals surface area contributed by atoms with Gasteiger partial charge in [0.05, 0.1) is 6.04 Å². The SMILES string of the molecule is NNC(=O)C(=O)C(N)C1CCOCC1. The third-order valence-corrected chi connectivity index (χ3v) is 2.43. The maximum absolute atomic E-state index is 11.3. The lowest BCUT2D eigenvalue weighted by atomic mass is 9.89. The Morgan fingerprint density at radius 2 is 1.93 bits per heavy atom. The predicted molar refractivity (Wildman–Crippen MR) is 48.9 cm³/mol. The molecule has 1 amide bonds. The maximum Gasteiger partial charge on any atom is 0.302 e. The van der Waals surface area contributed by atoms with Crippen LogP contribution in [0.3, 0.4) is 0 Å². The van der Waals surface area contributed by atoms with Gasteiger partial charge in [0.15, 0.2) is 0 Å². The van der Waals surface area contributed by atoms with Crippen molar-refractivity contribution >= 4 is 11.7 Å². The average molecular weight is 201 g/mol. The molecule has 0 aromatic heterocycles. The Labute approximate surface area is 81.9 Å². The molecule has 1 unspecified atom stereocenters. The molecule has 1 aliphatic heterocycles. The van der Waals surface area contributed by atoms with Gasteiger partial charge in [0, 0.05) is 13.2 Å². The van der Waals surface area contributed by atoms with Gasteiger partial charge in [-0.1, -0.05) is 0 Å². The van der Waals surface area contributed by atoms with E-state index in [0.717, 1.165) is 0 Å². The number of Topliss-reactive ketones (excluding diaryl/α,β-unsaturated/α-hetero) is 1. The number of hydrazine groups is 1. The van der Waals surface area contributed by atoms with Gasteiger partial charge in [-0.2, -0.15) is 0 Å². The molecule has 1 fully saturated rings. The number of ether oxygens (including phenoxy) is 1. The number of amides is 1. The van der Waals surface area contributed by atoms with E-state index >= 15 is 0 Å². The van der Waals surface area contributed by atoms with Crippen molar-refractivity contribution < 1.29 is 14.3 Å². The summed E-state index contributed by atoms with van der Waals surface area (Å²) in [7, 11) is 0. The number of hydrogen-bond acceptors (Lipinski definition) is 5. The van der Waals surface area contributed by atoms with Crippen LogP contribution < -0.4 is 17.0 Å². The standard InChI is InChI=1S/C8H15N3O3/c9-6(7(12)8(13)11-10)5-1-3-14-4-2-5/h5-6H,1-4,9-10H2,(H,11,13). The fourth-order valence-electron chi connectivity index (χ4n) is 1.51. The molecule has 14 heavy (non-hydrogen) atoms. The molecule has 0 spiro atoms. The van der Waals surface area contributed by atoms with Crippen molar-refractivity contribution in [1.29, 1.82) is 0 Å².